The van der Waals surface area contributed by atoms with Crippen molar-refractivity contribution in [1.29, 1.82) is 0 Å². The van der Waals surface area contributed by atoms with Crippen molar-refractivity contribution in [3.63, 3.8) is 0 Å². The van der Waals surface area contributed by atoms with E-state index >= 15 is 0 Å². The summed E-state index contributed by atoms with van der Waals surface area (Å²) in [4.78, 5) is -0.215. The normalized spacial score (nSPS) is 12.8. The number of hydrogen-bond donors (Lipinski definition) is 2. The fourth-order valence-electron chi connectivity index (χ4n) is 2.41. The van der Waals surface area contributed by atoms with Crippen LogP contribution in [0.25, 0.3) is 0 Å². The molecule has 2 N–H and O–H groups in total. The minimum atomic E-state index is -3.82. The van der Waals surface area contributed by atoms with Crippen molar-refractivity contribution in [1.82, 2.24) is 4.72 Å². The average molecular weight is 384 g/mol. The van der Waals surface area contributed by atoms with Crippen molar-refractivity contribution in [2.75, 3.05) is 13.2 Å². The molecule has 2 rings (SSSR count). The lowest BCUT2D eigenvalue weighted by molar-refractivity contribution is 0.340. The number of nitrogens with one attached hydrogen (secondary N) is 1. The van der Waals surface area contributed by atoms with Gasteiger partial charge in [-0.15, -0.1) is 0 Å². The second-order valence-corrected chi connectivity index (χ2v) is 7.97. The first-order valence-corrected chi connectivity index (χ1v) is 9.88. The number of phenols is 1. The molecule has 0 aliphatic heterocycles. The molecule has 0 saturated heterocycles. The Balaban J connectivity index is 1.96. The second-order valence-electron chi connectivity index (χ2n) is 5.82. The van der Waals surface area contributed by atoms with Crippen LogP contribution >= 0.6 is 11.6 Å². The SMILES string of the molecule is CCOc1ccc(CC(C)CNS(=O)(=O)c2cccc(Cl)c2O)cc1. The summed E-state index contributed by atoms with van der Waals surface area (Å²) < 4.78 is 32.6. The van der Waals surface area contributed by atoms with Gasteiger partial charge in [0.05, 0.1) is 11.6 Å². The molecule has 0 amide bonds. The summed E-state index contributed by atoms with van der Waals surface area (Å²) in [6.45, 7) is 4.76. The van der Waals surface area contributed by atoms with Gasteiger partial charge < -0.3 is 9.84 Å². The Morgan fingerprint density at radius 2 is 1.88 bits per heavy atom. The lowest BCUT2D eigenvalue weighted by Crippen LogP contribution is -2.29. The van der Waals surface area contributed by atoms with E-state index in [1.807, 2.05) is 38.1 Å². The van der Waals surface area contributed by atoms with Gasteiger partial charge in [-0.2, -0.15) is 0 Å². The molecule has 2 aromatic carbocycles. The van der Waals surface area contributed by atoms with Gasteiger partial charge >= 0.3 is 0 Å². The van der Waals surface area contributed by atoms with Crippen LogP contribution in [-0.2, 0) is 16.4 Å². The molecule has 25 heavy (non-hydrogen) atoms. The van der Waals surface area contributed by atoms with E-state index < -0.39 is 15.8 Å². The third-order valence-corrected chi connectivity index (χ3v) is 5.44. The molecular formula is C18H22ClNO4S. The number of benzene rings is 2. The molecule has 7 heteroatoms. The van der Waals surface area contributed by atoms with Crippen LogP contribution in [0.5, 0.6) is 11.5 Å². The highest BCUT2D eigenvalue weighted by Gasteiger charge is 2.20. The van der Waals surface area contributed by atoms with E-state index in [9.17, 15) is 13.5 Å². The summed E-state index contributed by atoms with van der Waals surface area (Å²) in [6.07, 6.45) is 0.719. The van der Waals surface area contributed by atoms with Gasteiger partial charge in [-0.1, -0.05) is 36.7 Å². The van der Waals surface area contributed by atoms with Gasteiger partial charge in [0.25, 0.3) is 0 Å². The Hall–Kier alpha value is -1.76. The summed E-state index contributed by atoms with van der Waals surface area (Å²) in [7, 11) is -3.82. The lowest BCUT2D eigenvalue weighted by Gasteiger charge is -2.14. The summed E-state index contributed by atoms with van der Waals surface area (Å²) in [5, 5.41) is 9.85. The van der Waals surface area contributed by atoms with Crippen molar-refractivity contribution >= 4 is 21.6 Å². The van der Waals surface area contributed by atoms with Gasteiger partial charge in [-0.05, 0) is 49.1 Å². The number of phenolic OH excluding ortho intramolecular Hbond substituents is 1. The van der Waals surface area contributed by atoms with Gasteiger partial charge in [0.15, 0.2) is 5.75 Å². The Kier molecular flexibility index (Phi) is 6.70. The predicted molar refractivity (Wildman–Crippen MR) is 98.8 cm³/mol. The average Bonchev–Trinajstić information content (AvgIpc) is 2.57. The van der Waals surface area contributed by atoms with Crippen molar-refractivity contribution in [3.8, 4) is 11.5 Å². The molecular weight excluding hydrogens is 362 g/mol. The Labute approximate surface area is 153 Å². The van der Waals surface area contributed by atoms with Crippen LogP contribution in [0.4, 0.5) is 0 Å². The van der Waals surface area contributed by atoms with Gasteiger partial charge in [-0.3, -0.25) is 0 Å². The van der Waals surface area contributed by atoms with Gasteiger partial charge in [0.2, 0.25) is 10.0 Å². The van der Waals surface area contributed by atoms with Crippen LogP contribution in [0.15, 0.2) is 47.4 Å². The van der Waals surface area contributed by atoms with E-state index in [1.165, 1.54) is 18.2 Å². The third-order valence-electron chi connectivity index (χ3n) is 3.68. The fraction of sp³-hybridized carbons (Fsp3) is 0.333. The smallest absolute Gasteiger partial charge is 0.244 e. The molecule has 1 unspecified atom stereocenters. The van der Waals surface area contributed by atoms with Crippen LogP contribution in [0, 0.1) is 5.92 Å². The van der Waals surface area contributed by atoms with Gasteiger partial charge in [0.1, 0.15) is 10.6 Å². The number of rotatable bonds is 8. The summed E-state index contributed by atoms with van der Waals surface area (Å²) in [6, 6.07) is 12.0. The van der Waals surface area contributed by atoms with Crippen LogP contribution in [0.3, 0.4) is 0 Å². The van der Waals surface area contributed by atoms with Crippen molar-refractivity contribution in [3.05, 3.63) is 53.1 Å². The maximum absolute atomic E-state index is 12.3. The molecule has 136 valence electrons. The third kappa shape index (κ3) is 5.36. The van der Waals surface area contributed by atoms with E-state index in [1.54, 1.807) is 0 Å². The molecule has 0 heterocycles. The zero-order valence-electron chi connectivity index (χ0n) is 14.2. The van der Waals surface area contributed by atoms with Crippen molar-refractivity contribution in [2.45, 2.75) is 25.2 Å². The Bertz CT molecular complexity index is 806. The van der Waals surface area contributed by atoms with Crippen LogP contribution < -0.4 is 9.46 Å². The first-order chi connectivity index (χ1) is 11.8. The zero-order chi connectivity index (χ0) is 18.4. The number of para-hydroxylation sites is 1. The molecule has 0 fully saturated rings. The monoisotopic (exact) mass is 383 g/mol. The number of aromatic hydroxyl groups is 1. The fourth-order valence-corrected chi connectivity index (χ4v) is 3.92. The first kappa shape index (κ1) is 19.6. The quantitative estimate of drug-likeness (QED) is 0.730. The van der Waals surface area contributed by atoms with E-state index in [4.69, 9.17) is 16.3 Å². The Morgan fingerprint density at radius 1 is 1.20 bits per heavy atom. The summed E-state index contributed by atoms with van der Waals surface area (Å²) >= 11 is 5.77. The predicted octanol–water partition coefficient (Wildman–Crippen LogP) is 3.60. The molecule has 0 radical (unpaired) electrons. The topological polar surface area (TPSA) is 75.6 Å². The van der Waals surface area contributed by atoms with E-state index in [0.29, 0.717) is 6.61 Å². The molecule has 0 aliphatic carbocycles. The number of sulfonamides is 1. The van der Waals surface area contributed by atoms with Crippen molar-refractivity contribution in [2.24, 2.45) is 5.92 Å². The van der Waals surface area contributed by atoms with Crippen molar-refractivity contribution < 1.29 is 18.3 Å². The van der Waals surface area contributed by atoms with Gasteiger partial charge in [-0.25, -0.2) is 13.1 Å². The Morgan fingerprint density at radius 3 is 2.52 bits per heavy atom. The van der Waals surface area contributed by atoms with E-state index in [-0.39, 0.29) is 22.4 Å². The van der Waals surface area contributed by atoms with Crippen LogP contribution in [0.2, 0.25) is 5.02 Å². The van der Waals surface area contributed by atoms with Gasteiger partial charge in [0, 0.05) is 6.54 Å². The maximum atomic E-state index is 12.3. The molecule has 0 bridgehead atoms. The van der Waals surface area contributed by atoms with E-state index in [0.717, 1.165) is 17.7 Å². The highest BCUT2D eigenvalue weighted by molar-refractivity contribution is 7.89. The highest BCUT2D eigenvalue weighted by Crippen LogP contribution is 2.30. The maximum Gasteiger partial charge on any atom is 0.244 e. The lowest BCUT2D eigenvalue weighted by atomic mass is 10.0. The van der Waals surface area contributed by atoms with Crippen LogP contribution in [-0.4, -0.2) is 26.7 Å². The highest BCUT2D eigenvalue weighted by atomic mass is 35.5. The molecule has 2 aromatic rings. The standard InChI is InChI=1S/C18H22ClNO4S/c1-3-24-15-9-7-14(8-10-15)11-13(2)12-20-25(22,23)17-6-4-5-16(19)18(17)21/h4-10,13,20-21H,3,11-12H2,1-2H3. The largest absolute Gasteiger partial charge is 0.505 e. The molecule has 0 spiro atoms. The summed E-state index contributed by atoms with van der Waals surface area (Å²) in [5.41, 5.74) is 1.10. The molecule has 1 atom stereocenters. The van der Waals surface area contributed by atoms with E-state index in [2.05, 4.69) is 4.72 Å². The zero-order valence-corrected chi connectivity index (χ0v) is 15.8. The molecule has 0 aliphatic rings. The molecule has 5 nitrogen and oxygen atoms in total. The second kappa shape index (κ2) is 8.56. The number of hydrogen-bond acceptors (Lipinski definition) is 4. The number of halogens is 1. The summed E-state index contributed by atoms with van der Waals surface area (Å²) in [5.74, 6) is 0.459. The molecule has 0 aromatic heterocycles. The first-order valence-electron chi connectivity index (χ1n) is 8.02. The number of ether oxygens (including phenoxy) is 1. The minimum Gasteiger partial charge on any atom is -0.505 e. The molecule has 0 saturated carbocycles. The van der Waals surface area contributed by atoms with Crippen LogP contribution in [0.1, 0.15) is 19.4 Å². The minimum absolute atomic E-state index is 0.00492.